The molecule has 0 saturated heterocycles. The van der Waals surface area contributed by atoms with Gasteiger partial charge in [-0.2, -0.15) is 0 Å². The molecule has 0 aliphatic carbocycles. The van der Waals surface area contributed by atoms with Gasteiger partial charge in [-0.05, 0) is 62.4 Å². The van der Waals surface area contributed by atoms with Crippen LogP contribution in [0.5, 0.6) is 5.75 Å². The minimum atomic E-state index is -0.367. The van der Waals surface area contributed by atoms with Gasteiger partial charge in [-0.1, -0.05) is 11.6 Å². The highest BCUT2D eigenvalue weighted by Gasteiger charge is 2.12. The highest BCUT2D eigenvalue weighted by atomic mass is 35.5. The zero-order chi connectivity index (χ0) is 15.9. The summed E-state index contributed by atoms with van der Waals surface area (Å²) >= 11 is 5.82. The van der Waals surface area contributed by atoms with Crippen LogP contribution in [0.3, 0.4) is 0 Å². The molecule has 2 rings (SSSR count). The smallest absolute Gasteiger partial charge is 0.246 e. The summed E-state index contributed by atoms with van der Waals surface area (Å²) in [6, 6.07) is 14.2. The lowest BCUT2D eigenvalue weighted by molar-refractivity contribution is -0.116. The van der Waals surface area contributed by atoms with Gasteiger partial charge in [0.2, 0.25) is 5.91 Å². The topological polar surface area (TPSA) is 50.4 Å². The van der Waals surface area contributed by atoms with E-state index in [1.54, 1.807) is 24.3 Å². The van der Waals surface area contributed by atoms with Crippen molar-refractivity contribution in [2.45, 2.75) is 19.9 Å². The first kappa shape index (κ1) is 16.2. The second-order valence-corrected chi connectivity index (χ2v) is 5.26. The lowest BCUT2D eigenvalue weighted by Gasteiger charge is -2.15. The molecule has 22 heavy (non-hydrogen) atoms. The number of halogens is 1. The number of benzene rings is 2. The largest absolute Gasteiger partial charge is 0.494 e. The van der Waals surface area contributed by atoms with Gasteiger partial charge in [0.25, 0.3) is 0 Å². The van der Waals surface area contributed by atoms with Crippen LogP contribution in [0.15, 0.2) is 48.5 Å². The van der Waals surface area contributed by atoms with Gasteiger partial charge in [0.1, 0.15) is 11.8 Å². The Balaban J connectivity index is 1.91. The Morgan fingerprint density at radius 3 is 2.27 bits per heavy atom. The summed E-state index contributed by atoms with van der Waals surface area (Å²) < 4.78 is 5.38. The standard InChI is InChI=1S/C17H19ClN2O2/c1-3-22-16-10-8-14(9-11-16)19-12(2)17(21)20-15-6-4-13(18)5-7-15/h4-12,19H,3H2,1-2H3,(H,20,21)/t12-/m1/s1. The minimum absolute atomic E-state index is 0.115. The number of amides is 1. The molecular formula is C17H19ClN2O2. The van der Waals surface area contributed by atoms with Crippen LogP contribution >= 0.6 is 11.6 Å². The van der Waals surface area contributed by atoms with Gasteiger partial charge >= 0.3 is 0 Å². The Labute approximate surface area is 135 Å². The first-order valence-electron chi connectivity index (χ1n) is 7.14. The van der Waals surface area contributed by atoms with Gasteiger partial charge in [0.05, 0.1) is 6.61 Å². The summed E-state index contributed by atoms with van der Waals surface area (Å²) in [5, 5.41) is 6.62. The Bertz CT molecular complexity index is 612. The lowest BCUT2D eigenvalue weighted by atomic mass is 10.2. The van der Waals surface area contributed by atoms with E-state index in [0.717, 1.165) is 17.1 Å². The molecule has 1 atom stereocenters. The molecule has 0 aliphatic heterocycles. The zero-order valence-corrected chi connectivity index (χ0v) is 13.4. The number of carbonyl (C=O) groups excluding carboxylic acids is 1. The quantitative estimate of drug-likeness (QED) is 0.840. The van der Waals surface area contributed by atoms with Crippen molar-refractivity contribution in [3.63, 3.8) is 0 Å². The van der Waals surface area contributed by atoms with Crippen LogP contribution in [0, 0.1) is 0 Å². The second kappa shape index (κ2) is 7.71. The number of ether oxygens (including phenoxy) is 1. The zero-order valence-electron chi connectivity index (χ0n) is 12.6. The molecular weight excluding hydrogens is 300 g/mol. The molecule has 2 N–H and O–H groups in total. The number of carbonyl (C=O) groups is 1. The van der Waals surface area contributed by atoms with Gasteiger partial charge in [-0.15, -0.1) is 0 Å². The first-order chi connectivity index (χ1) is 10.6. The number of anilines is 2. The maximum atomic E-state index is 12.1. The van der Waals surface area contributed by atoms with E-state index in [1.165, 1.54) is 0 Å². The van der Waals surface area contributed by atoms with Crippen LogP contribution < -0.4 is 15.4 Å². The SMILES string of the molecule is CCOc1ccc(N[C@H](C)C(=O)Nc2ccc(Cl)cc2)cc1. The number of rotatable bonds is 6. The van der Waals surface area contributed by atoms with Gasteiger partial charge in [-0.3, -0.25) is 4.79 Å². The number of hydrogen-bond donors (Lipinski definition) is 2. The molecule has 0 aromatic heterocycles. The maximum absolute atomic E-state index is 12.1. The van der Waals surface area contributed by atoms with Gasteiger partial charge in [-0.25, -0.2) is 0 Å². The third-order valence-electron chi connectivity index (χ3n) is 3.05. The fourth-order valence-corrected chi connectivity index (χ4v) is 2.04. The first-order valence-corrected chi connectivity index (χ1v) is 7.52. The van der Waals surface area contributed by atoms with Crippen molar-refractivity contribution in [2.24, 2.45) is 0 Å². The molecule has 0 unspecified atom stereocenters. The molecule has 0 fully saturated rings. The predicted molar refractivity (Wildman–Crippen MR) is 90.8 cm³/mol. The van der Waals surface area contributed by atoms with Crippen molar-refractivity contribution in [3.05, 3.63) is 53.6 Å². The van der Waals surface area contributed by atoms with E-state index in [-0.39, 0.29) is 11.9 Å². The summed E-state index contributed by atoms with van der Waals surface area (Å²) in [5.41, 5.74) is 1.58. The van der Waals surface area contributed by atoms with Crippen molar-refractivity contribution < 1.29 is 9.53 Å². The Morgan fingerprint density at radius 1 is 1.09 bits per heavy atom. The molecule has 1 amide bonds. The molecule has 0 bridgehead atoms. The van der Waals surface area contributed by atoms with Crippen molar-refractivity contribution in [1.29, 1.82) is 0 Å². The number of nitrogens with one attached hydrogen (secondary N) is 2. The third-order valence-corrected chi connectivity index (χ3v) is 3.31. The van der Waals surface area contributed by atoms with Gasteiger partial charge in [0, 0.05) is 16.4 Å². The van der Waals surface area contributed by atoms with E-state index in [1.807, 2.05) is 38.1 Å². The fraction of sp³-hybridized carbons (Fsp3) is 0.235. The maximum Gasteiger partial charge on any atom is 0.246 e. The third kappa shape index (κ3) is 4.67. The monoisotopic (exact) mass is 318 g/mol. The average Bonchev–Trinajstić information content (AvgIpc) is 2.51. The number of hydrogen-bond acceptors (Lipinski definition) is 3. The van der Waals surface area contributed by atoms with E-state index in [2.05, 4.69) is 10.6 Å². The predicted octanol–water partition coefficient (Wildman–Crippen LogP) is 4.18. The molecule has 4 nitrogen and oxygen atoms in total. The Kier molecular flexibility index (Phi) is 5.67. The lowest BCUT2D eigenvalue weighted by Crippen LogP contribution is -2.31. The molecule has 2 aromatic carbocycles. The molecule has 116 valence electrons. The van der Waals surface area contributed by atoms with E-state index < -0.39 is 0 Å². The molecule has 0 aliphatic rings. The van der Waals surface area contributed by atoms with E-state index in [0.29, 0.717) is 11.6 Å². The second-order valence-electron chi connectivity index (χ2n) is 4.82. The van der Waals surface area contributed by atoms with E-state index in [9.17, 15) is 4.79 Å². The average molecular weight is 319 g/mol. The van der Waals surface area contributed by atoms with Crippen molar-refractivity contribution in [3.8, 4) is 5.75 Å². The van der Waals surface area contributed by atoms with E-state index in [4.69, 9.17) is 16.3 Å². The van der Waals surface area contributed by atoms with Crippen molar-refractivity contribution in [2.75, 3.05) is 17.2 Å². The summed E-state index contributed by atoms with van der Waals surface area (Å²) in [5.74, 6) is 0.697. The molecule has 0 saturated carbocycles. The molecule has 0 radical (unpaired) electrons. The highest BCUT2D eigenvalue weighted by Crippen LogP contribution is 2.17. The molecule has 0 spiro atoms. The normalized spacial score (nSPS) is 11.6. The molecule has 5 heteroatoms. The summed E-state index contributed by atoms with van der Waals surface area (Å²) in [6.07, 6.45) is 0. The van der Waals surface area contributed by atoms with Crippen molar-refractivity contribution >= 4 is 28.9 Å². The van der Waals surface area contributed by atoms with Crippen LogP contribution in [0.4, 0.5) is 11.4 Å². The fourth-order valence-electron chi connectivity index (χ4n) is 1.91. The van der Waals surface area contributed by atoms with Crippen molar-refractivity contribution in [1.82, 2.24) is 0 Å². The highest BCUT2D eigenvalue weighted by molar-refractivity contribution is 6.30. The van der Waals surface area contributed by atoms with Crippen LogP contribution in [0.1, 0.15) is 13.8 Å². The minimum Gasteiger partial charge on any atom is -0.494 e. The molecule has 0 heterocycles. The Hall–Kier alpha value is -2.20. The summed E-state index contributed by atoms with van der Waals surface area (Å²) in [6.45, 7) is 4.38. The van der Waals surface area contributed by atoms with Crippen LogP contribution in [-0.2, 0) is 4.79 Å². The molecule has 2 aromatic rings. The van der Waals surface area contributed by atoms with Crippen LogP contribution in [0.25, 0.3) is 0 Å². The summed E-state index contributed by atoms with van der Waals surface area (Å²) in [4.78, 5) is 12.1. The van der Waals surface area contributed by atoms with Gasteiger partial charge in [0.15, 0.2) is 0 Å². The Morgan fingerprint density at radius 2 is 1.68 bits per heavy atom. The van der Waals surface area contributed by atoms with E-state index >= 15 is 0 Å². The summed E-state index contributed by atoms with van der Waals surface area (Å²) in [7, 11) is 0. The van der Waals surface area contributed by atoms with Gasteiger partial charge < -0.3 is 15.4 Å². The van der Waals surface area contributed by atoms with Crippen LogP contribution in [0.2, 0.25) is 5.02 Å². The van der Waals surface area contributed by atoms with Crippen LogP contribution in [-0.4, -0.2) is 18.6 Å².